The van der Waals surface area contributed by atoms with Crippen LogP contribution in [0.2, 0.25) is 0 Å². The van der Waals surface area contributed by atoms with E-state index >= 15 is 0 Å². The number of hydrogen-bond donors (Lipinski definition) is 1. The van der Waals surface area contributed by atoms with Crippen LogP contribution in [0, 0.1) is 0 Å². The number of rotatable bonds is 6. The van der Waals surface area contributed by atoms with E-state index in [2.05, 4.69) is 4.72 Å². The first-order valence-electron chi connectivity index (χ1n) is 7.70. The van der Waals surface area contributed by atoms with E-state index in [9.17, 15) is 8.42 Å². The molecule has 0 fully saturated rings. The topological polar surface area (TPSA) is 55.4 Å². The zero-order chi connectivity index (χ0) is 15.5. The fraction of sp³-hybridized carbons (Fsp3) is 0.625. The molecule has 0 saturated carbocycles. The number of hydrogen-bond acceptors (Lipinski definition) is 3. The first kappa shape index (κ1) is 16.3. The summed E-state index contributed by atoms with van der Waals surface area (Å²) < 4.78 is 33.3. The third kappa shape index (κ3) is 3.77. The van der Waals surface area contributed by atoms with Gasteiger partial charge in [-0.1, -0.05) is 13.3 Å². The van der Waals surface area contributed by atoms with Crippen molar-refractivity contribution in [2.75, 3.05) is 7.11 Å². The Hall–Kier alpha value is -1.07. The summed E-state index contributed by atoms with van der Waals surface area (Å²) in [6, 6.07) is 3.63. The van der Waals surface area contributed by atoms with E-state index in [1.165, 1.54) is 12.7 Å². The zero-order valence-corrected chi connectivity index (χ0v) is 13.9. The summed E-state index contributed by atoms with van der Waals surface area (Å²) in [5.74, 6) is 0.451. The van der Waals surface area contributed by atoms with E-state index in [4.69, 9.17) is 4.74 Å². The lowest BCUT2D eigenvalue weighted by molar-refractivity contribution is 0.400. The van der Waals surface area contributed by atoms with Crippen LogP contribution < -0.4 is 9.46 Å². The first-order valence-corrected chi connectivity index (χ1v) is 9.18. The first-order chi connectivity index (χ1) is 9.97. The molecule has 1 atom stereocenters. The Morgan fingerprint density at radius 2 is 1.86 bits per heavy atom. The Kier molecular flexibility index (Phi) is 5.27. The predicted molar refractivity (Wildman–Crippen MR) is 84.3 cm³/mol. The summed E-state index contributed by atoms with van der Waals surface area (Å²) in [6.45, 7) is 3.94. The molecule has 5 heteroatoms. The maximum Gasteiger partial charge on any atom is 0.244 e. The zero-order valence-electron chi connectivity index (χ0n) is 13.1. The molecule has 4 nitrogen and oxygen atoms in total. The minimum Gasteiger partial charge on any atom is -0.495 e. The van der Waals surface area contributed by atoms with Gasteiger partial charge >= 0.3 is 0 Å². The maximum atomic E-state index is 12.6. The second-order valence-electron chi connectivity index (χ2n) is 5.79. The number of nitrogens with one attached hydrogen (secondary N) is 1. The number of fused-ring (bicyclic) bond motifs is 1. The van der Waals surface area contributed by atoms with Gasteiger partial charge in [0.15, 0.2) is 0 Å². The molecule has 0 amide bonds. The van der Waals surface area contributed by atoms with E-state index in [1.807, 2.05) is 19.9 Å². The van der Waals surface area contributed by atoms with Crippen molar-refractivity contribution in [3.05, 3.63) is 23.3 Å². The molecule has 0 aliphatic heterocycles. The Labute approximate surface area is 127 Å². The third-order valence-electron chi connectivity index (χ3n) is 4.00. The van der Waals surface area contributed by atoms with Crippen LogP contribution in [0.25, 0.3) is 0 Å². The molecular formula is C16H25NO3S. The summed E-state index contributed by atoms with van der Waals surface area (Å²) in [7, 11) is -2.01. The normalized spacial score (nSPS) is 16.3. The van der Waals surface area contributed by atoms with Crippen molar-refractivity contribution >= 4 is 10.0 Å². The van der Waals surface area contributed by atoms with Crippen LogP contribution in [-0.4, -0.2) is 21.6 Å². The Balaban J connectivity index is 2.37. The van der Waals surface area contributed by atoms with Crippen LogP contribution in [0.4, 0.5) is 0 Å². The average molecular weight is 311 g/mol. The third-order valence-corrected chi connectivity index (χ3v) is 5.61. The molecule has 0 bridgehead atoms. The van der Waals surface area contributed by atoms with Gasteiger partial charge in [-0.3, -0.25) is 0 Å². The highest BCUT2D eigenvalue weighted by molar-refractivity contribution is 7.89. The largest absolute Gasteiger partial charge is 0.495 e. The summed E-state index contributed by atoms with van der Waals surface area (Å²) in [5.41, 5.74) is 2.37. The minimum absolute atomic E-state index is 0.0688. The van der Waals surface area contributed by atoms with Crippen molar-refractivity contribution < 1.29 is 13.2 Å². The Morgan fingerprint density at radius 1 is 1.24 bits per heavy atom. The molecule has 1 unspecified atom stereocenters. The van der Waals surface area contributed by atoms with Gasteiger partial charge in [0.2, 0.25) is 10.0 Å². The van der Waals surface area contributed by atoms with Crippen LogP contribution in [0.5, 0.6) is 5.75 Å². The van der Waals surface area contributed by atoms with Crippen molar-refractivity contribution in [1.29, 1.82) is 0 Å². The van der Waals surface area contributed by atoms with Crippen LogP contribution in [-0.2, 0) is 22.9 Å². The number of methoxy groups -OCH3 is 1. The van der Waals surface area contributed by atoms with Crippen molar-refractivity contribution in [2.45, 2.75) is 63.3 Å². The molecule has 0 radical (unpaired) electrons. The quantitative estimate of drug-likeness (QED) is 0.878. The van der Waals surface area contributed by atoms with Gasteiger partial charge in [-0.05, 0) is 62.3 Å². The highest BCUT2D eigenvalue weighted by Crippen LogP contribution is 2.32. The van der Waals surface area contributed by atoms with Crippen LogP contribution in [0.1, 0.15) is 50.7 Å². The van der Waals surface area contributed by atoms with Crippen LogP contribution in [0.3, 0.4) is 0 Å². The molecule has 0 heterocycles. The van der Waals surface area contributed by atoms with E-state index in [0.29, 0.717) is 5.75 Å². The lowest BCUT2D eigenvalue weighted by Gasteiger charge is -2.20. The molecule has 2 rings (SSSR count). The van der Waals surface area contributed by atoms with Gasteiger partial charge in [0, 0.05) is 6.04 Å². The second kappa shape index (κ2) is 6.79. The van der Waals surface area contributed by atoms with Gasteiger partial charge in [0.25, 0.3) is 0 Å². The second-order valence-corrected chi connectivity index (χ2v) is 7.47. The number of aryl methyl sites for hydroxylation is 2. The van der Waals surface area contributed by atoms with Crippen molar-refractivity contribution in [3.8, 4) is 5.75 Å². The molecule has 1 aliphatic carbocycles. The highest BCUT2D eigenvalue weighted by Gasteiger charge is 2.24. The molecule has 1 aromatic carbocycles. The van der Waals surface area contributed by atoms with Crippen molar-refractivity contribution in [3.63, 3.8) is 0 Å². The molecule has 1 aromatic rings. The molecule has 21 heavy (non-hydrogen) atoms. The lowest BCUT2D eigenvalue weighted by atomic mass is 9.92. The monoisotopic (exact) mass is 311 g/mol. The smallest absolute Gasteiger partial charge is 0.244 e. The SMILES string of the molecule is CCCC(C)NS(=O)(=O)c1cc2c(cc1OC)CCCC2. The lowest BCUT2D eigenvalue weighted by Crippen LogP contribution is -2.32. The van der Waals surface area contributed by atoms with Crippen LogP contribution >= 0.6 is 0 Å². The summed E-state index contributed by atoms with van der Waals surface area (Å²) in [4.78, 5) is 0.272. The van der Waals surface area contributed by atoms with Crippen molar-refractivity contribution in [1.82, 2.24) is 4.72 Å². The Bertz CT molecular complexity index is 596. The summed E-state index contributed by atoms with van der Waals surface area (Å²) in [6.07, 6.45) is 6.02. The van der Waals surface area contributed by atoms with Gasteiger partial charge in [0.05, 0.1) is 7.11 Å². The minimum atomic E-state index is -3.53. The van der Waals surface area contributed by atoms with Gasteiger partial charge in [-0.15, -0.1) is 0 Å². The molecular weight excluding hydrogens is 286 g/mol. The summed E-state index contributed by atoms with van der Waals surface area (Å²) in [5, 5.41) is 0. The molecule has 118 valence electrons. The van der Waals surface area contributed by atoms with Gasteiger partial charge in [-0.2, -0.15) is 0 Å². The number of benzene rings is 1. The summed E-state index contributed by atoms with van der Waals surface area (Å²) >= 11 is 0. The van der Waals surface area contributed by atoms with Gasteiger partial charge in [0.1, 0.15) is 10.6 Å². The molecule has 1 N–H and O–H groups in total. The van der Waals surface area contributed by atoms with Gasteiger partial charge < -0.3 is 4.74 Å². The van der Waals surface area contributed by atoms with Crippen molar-refractivity contribution in [2.24, 2.45) is 0 Å². The number of ether oxygens (including phenoxy) is 1. The van der Waals surface area contributed by atoms with E-state index in [-0.39, 0.29) is 10.9 Å². The van der Waals surface area contributed by atoms with Crippen LogP contribution in [0.15, 0.2) is 17.0 Å². The van der Waals surface area contributed by atoms with E-state index in [0.717, 1.165) is 44.1 Å². The Morgan fingerprint density at radius 3 is 2.43 bits per heavy atom. The molecule has 0 saturated heterocycles. The fourth-order valence-electron chi connectivity index (χ4n) is 2.93. The maximum absolute atomic E-state index is 12.6. The molecule has 0 aromatic heterocycles. The number of sulfonamides is 1. The molecule has 1 aliphatic rings. The fourth-order valence-corrected chi connectivity index (χ4v) is 4.41. The van der Waals surface area contributed by atoms with Gasteiger partial charge in [-0.25, -0.2) is 13.1 Å². The predicted octanol–water partition coefficient (Wildman–Crippen LogP) is 3.04. The average Bonchev–Trinajstić information content (AvgIpc) is 2.45. The van der Waals surface area contributed by atoms with E-state index in [1.54, 1.807) is 6.07 Å². The standard InChI is InChI=1S/C16H25NO3S/c1-4-7-12(2)17-21(18,19)16-11-14-9-6-5-8-13(14)10-15(16)20-3/h10-12,17H,4-9H2,1-3H3. The molecule has 0 spiro atoms. The van der Waals surface area contributed by atoms with E-state index < -0.39 is 10.0 Å². The highest BCUT2D eigenvalue weighted by atomic mass is 32.2.